The number of aromatic nitrogens is 2. The maximum atomic E-state index is 12.0. The van der Waals surface area contributed by atoms with Crippen molar-refractivity contribution in [1.82, 2.24) is 9.13 Å². The van der Waals surface area contributed by atoms with E-state index in [0.29, 0.717) is 12.1 Å². The van der Waals surface area contributed by atoms with Crippen molar-refractivity contribution in [2.45, 2.75) is 47.2 Å². The molecule has 1 rings (SSSR count). The number of hydrogen-bond acceptors (Lipinski definition) is 2. The van der Waals surface area contributed by atoms with Gasteiger partial charge in [-0.25, -0.2) is 4.79 Å². The van der Waals surface area contributed by atoms with E-state index in [-0.39, 0.29) is 23.2 Å². The Labute approximate surface area is 95.5 Å². The maximum Gasteiger partial charge on any atom is 0.331 e. The summed E-state index contributed by atoms with van der Waals surface area (Å²) >= 11 is 0. The van der Waals surface area contributed by atoms with Crippen LogP contribution in [0.15, 0.2) is 15.8 Å². The third-order valence-corrected chi connectivity index (χ3v) is 3.07. The van der Waals surface area contributed by atoms with Crippen LogP contribution in [0.5, 0.6) is 0 Å². The molecule has 1 atom stereocenters. The molecule has 0 N–H and O–H groups in total. The Hall–Kier alpha value is -1.32. The summed E-state index contributed by atoms with van der Waals surface area (Å²) in [5.41, 5.74) is 0.240. The molecule has 90 valence electrons. The summed E-state index contributed by atoms with van der Waals surface area (Å²) in [7, 11) is 0. The van der Waals surface area contributed by atoms with Gasteiger partial charge in [-0.2, -0.15) is 0 Å². The van der Waals surface area contributed by atoms with Gasteiger partial charge >= 0.3 is 5.69 Å². The van der Waals surface area contributed by atoms with Crippen LogP contribution in [0.3, 0.4) is 0 Å². The second-order valence-electron chi connectivity index (χ2n) is 4.54. The highest BCUT2D eigenvalue weighted by atomic mass is 16.2. The van der Waals surface area contributed by atoms with Gasteiger partial charge in [-0.15, -0.1) is 0 Å². The first-order chi connectivity index (χ1) is 7.40. The minimum atomic E-state index is -0.209. The maximum absolute atomic E-state index is 12.0. The van der Waals surface area contributed by atoms with Crippen LogP contribution in [0, 0.1) is 12.8 Å². The summed E-state index contributed by atoms with van der Waals surface area (Å²) < 4.78 is 2.94. The normalized spacial score (nSPS) is 13.1. The van der Waals surface area contributed by atoms with Crippen LogP contribution in [0.25, 0.3) is 0 Å². The van der Waals surface area contributed by atoms with E-state index in [2.05, 4.69) is 0 Å². The molecule has 0 radical (unpaired) electrons. The van der Waals surface area contributed by atoms with Gasteiger partial charge in [-0.1, -0.05) is 13.8 Å². The van der Waals surface area contributed by atoms with Gasteiger partial charge in [0.25, 0.3) is 5.56 Å². The lowest BCUT2D eigenvalue weighted by Crippen LogP contribution is -2.43. The molecular weight excluding hydrogens is 204 g/mol. The molecule has 0 saturated carbocycles. The zero-order valence-corrected chi connectivity index (χ0v) is 10.7. The first-order valence-electron chi connectivity index (χ1n) is 5.72. The quantitative estimate of drug-likeness (QED) is 0.782. The number of rotatable bonds is 3. The first kappa shape index (κ1) is 12.7. The lowest BCUT2D eigenvalue weighted by atomic mass is 10.1. The summed E-state index contributed by atoms with van der Waals surface area (Å²) in [4.78, 5) is 24.0. The molecule has 0 amide bonds. The van der Waals surface area contributed by atoms with Crippen molar-refractivity contribution in [2.24, 2.45) is 5.92 Å². The summed E-state index contributed by atoms with van der Waals surface area (Å²) in [5.74, 6) is 0.262. The first-order valence-corrected chi connectivity index (χ1v) is 5.72. The smallest absolute Gasteiger partial charge is 0.300 e. The Morgan fingerprint density at radius 1 is 1.25 bits per heavy atom. The number of aryl methyl sites for hydroxylation is 2. The van der Waals surface area contributed by atoms with Crippen LogP contribution >= 0.6 is 0 Å². The monoisotopic (exact) mass is 224 g/mol. The minimum Gasteiger partial charge on any atom is -0.300 e. The second-order valence-corrected chi connectivity index (χ2v) is 4.54. The molecule has 1 heterocycles. The lowest BCUT2D eigenvalue weighted by Gasteiger charge is -2.19. The Bertz CT molecular complexity index is 483. The third kappa shape index (κ3) is 2.10. The van der Waals surface area contributed by atoms with E-state index in [1.807, 2.05) is 27.7 Å². The van der Waals surface area contributed by atoms with E-state index in [1.54, 1.807) is 17.7 Å². The van der Waals surface area contributed by atoms with Crippen LogP contribution in [0.2, 0.25) is 0 Å². The molecule has 0 aliphatic carbocycles. The molecule has 16 heavy (non-hydrogen) atoms. The standard InChI is InChI=1S/C12H20N2O2/c1-6-13-7-9(4)11(15)14(12(13)16)10(5)8(2)3/h7-8,10H,6H2,1-5H3. The van der Waals surface area contributed by atoms with Crippen molar-refractivity contribution in [3.05, 3.63) is 32.6 Å². The molecule has 0 aliphatic heterocycles. The van der Waals surface area contributed by atoms with Crippen LogP contribution in [0.1, 0.15) is 39.3 Å². The largest absolute Gasteiger partial charge is 0.331 e. The molecule has 1 aromatic rings. The molecular formula is C12H20N2O2. The average molecular weight is 224 g/mol. The Kier molecular flexibility index (Phi) is 3.73. The topological polar surface area (TPSA) is 44.0 Å². The predicted octanol–water partition coefficient (Wildman–Crippen LogP) is 1.56. The fourth-order valence-corrected chi connectivity index (χ4v) is 1.64. The van der Waals surface area contributed by atoms with E-state index in [4.69, 9.17) is 0 Å². The zero-order chi connectivity index (χ0) is 12.5. The van der Waals surface area contributed by atoms with Gasteiger partial charge in [0.1, 0.15) is 0 Å². The summed E-state index contributed by atoms with van der Waals surface area (Å²) in [6.07, 6.45) is 1.63. The second kappa shape index (κ2) is 4.68. The van der Waals surface area contributed by atoms with E-state index < -0.39 is 0 Å². The zero-order valence-electron chi connectivity index (χ0n) is 10.7. The predicted molar refractivity (Wildman–Crippen MR) is 64.9 cm³/mol. The van der Waals surface area contributed by atoms with Gasteiger partial charge < -0.3 is 4.57 Å². The molecule has 4 nitrogen and oxygen atoms in total. The Morgan fingerprint density at radius 3 is 2.25 bits per heavy atom. The van der Waals surface area contributed by atoms with Gasteiger partial charge in [-0.05, 0) is 26.7 Å². The minimum absolute atomic E-state index is 0.0716. The van der Waals surface area contributed by atoms with Gasteiger partial charge in [0.15, 0.2) is 0 Å². The molecule has 4 heteroatoms. The van der Waals surface area contributed by atoms with Gasteiger partial charge in [-0.3, -0.25) is 9.36 Å². The SMILES string of the molecule is CCn1cc(C)c(=O)n(C(C)C(C)C)c1=O. The number of hydrogen-bond donors (Lipinski definition) is 0. The summed E-state index contributed by atoms with van der Waals surface area (Å²) in [6, 6.07) is -0.0716. The highest BCUT2D eigenvalue weighted by Gasteiger charge is 2.16. The van der Waals surface area contributed by atoms with Crippen molar-refractivity contribution in [3.63, 3.8) is 0 Å². The van der Waals surface area contributed by atoms with E-state index in [9.17, 15) is 9.59 Å². The van der Waals surface area contributed by atoms with Gasteiger partial charge in [0.05, 0.1) is 0 Å². The van der Waals surface area contributed by atoms with Crippen molar-refractivity contribution < 1.29 is 0 Å². The van der Waals surface area contributed by atoms with Crippen molar-refractivity contribution >= 4 is 0 Å². The molecule has 1 aromatic heterocycles. The van der Waals surface area contributed by atoms with E-state index in [1.165, 1.54) is 4.57 Å². The fraction of sp³-hybridized carbons (Fsp3) is 0.667. The van der Waals surface area contributed by atoms with Gasteiger partial charge in [0, 0.05) is 24.3 Å². The average Bonchev–Trinajstić information content (AvgIpc) is 2.23. The van der Waals surface area contributed by atoms with Crippen molar-refractivity contribution in [3.8, 4) is 0 Å². The van der Waals surface area contributed by atoms with Crippen molar-refractivity contribution in [2.75, 3.05) is 0 Å². The summed E-state index contributed by atoms with van der Waals surface area (Å²) in [5, 5.41) is 0. The highest BCUT2D eigenvalue weighted by Crippen LogP contribution is 2.12. The van der Waals surface area contributed by atoms with Crippen LogP contribution < -0.4 is 11.2 Å². The molecule has 0 bridgehead atoms. The molecule has 0 spiro atoms. The van der Waals surface area contributed by atoms with E-state index >= 15 is 0 Å². The van der Waals surface area contributed by atoms with Gasteiger partial charge in [0.2, 0.25) is 0 Å². The van der Waals surface area contributed by atoms with Crippen LogP contribution in [-0.2, 0) is 6.54 Å². The number of nitrogens with zero attached hydrogens (tertiary/aromatic N) is 2. The lowest BCUT2D eigenvalue weighted by molar-refractivity contribution is 0.372. The molecule has 0 aliphatic rings. The molecule has 0 fully saturated rings. The molecule has 1 unspecified atom stereocenters. The Morgan fingerprint density at radius 2 is 1.81 bits per heavy atom. The van der Waals surface area contributed by atoms with Crippen LogP contribution in [0.4, 0.5) is 0 Å². The Balaban J connectivity index is 3.54. The highest BCUT2D eigenvalue weighted by molar-refractivity contribution is 5.03. The molecule has 0 saturated heterocycles. The van der Waals surface area contributed by atoms with E-state index in [0.717, 1.165) is 0 Å². The fourth-order valence-electron chi connectivity index (χ4n) is 1.64. The third-order valence-electron chi connectivity index (χ3n) is 3.07. The van der Waals surface area contributed by atoms with Crippen molar-refractivity contribution in [1.29, 1.82) is 0 Å². The van der Waals surface area contributed by atoms with Crippen LogP contribution in [-0.4, -0.2) is 9.13 Å². The summed E-state index contributed by atoms with van der Waals surface area (Å²) in [6.45, 7) is 10.2. The molecule has 0 aromatic carbocycles.